The van der Waals surface area contributed by atoms with Gasteiger partial charge in [0.15, 0.2) is 0 Å². The second kappa shape index (κ2) is 8.64. The molecule has 140 valence electrons. The van der Waals surface area contributed by atoms with Gasteiger partial charge in [-0.3, -0.25) is 0 Å². The molecule has 2 aromatic heterocycles. The highest BCUT2D eigenvalue weighted by Crippen LogP contribution is 2.22. The van der Waals surface area contributed by atoms with Crippen LogP contribution in [0.1, 0.15) is 29.9 Å². The van der Waals surface area contributed by atoms with Gasteiger partial charge in [-0.25, -0.2) is 9.97 Å². The maximum Gasteiger partial charge on any atom is 0.132 e. The van der Waals surface area contributed by atoms with Gasteiger partial charge >= 0.3 is 0 Å². The fraction of sp³-hybridized carbons (Fsp3) is 0.600. The molecule has 1 atom stereocenters. The Morgan fingerprint density at radius 1 is 1.23 bits per heavy atom. The smallest absolute Gasteiger partial charge is 0.132 e. The largest absolute Gasteiger partial charge is 0.469 e. The molecule has 2 aliphatic heterocycles. The van der Waals surface area contributed by atoms with Gasteiger partial charge in [-0.05, 0) is 37.3 Å². The van der Waals surface area contributed by atoms with E-state index in [1.165, 1.54) is 17.7 Å². The summed E-state index contributed by atoms with van der Waals surface area (Å²) in [6.45, 7) is 6.05. The number of hydrogen-bond donors (Lipinski definition) is 1. The highest BCUT2D eigenvalue weighted by Gasteiger charge is 2.23. The predicted molar refractivity (Wildman–Crippen MR) is 100 cm³/mol. The van der Waals surface area contributed by atoms with Crippen LogP contribution in [0.25, 0.3) is 0 Å². The molecule has 6 nitrogen and oxygen atoms in total. The number of nitrogens with one attached hydrogen (secondary N) is 1. The third-order valence-electron chi connectivity index (χ3n) is 5.39. The fourth-order valence-electron chi connectivity index (χ4n) is 3.92. The van der Waals surface area contributed by atoms with Crippen LogP contribution in [-0.2, 0) is 24.0 Å². The number of hydrogen-bond acceptors (Lipinski definition) is 6. The average Bonchev–Trinajstić information content (AvgIpc) is 3.32. The van der Waals surface area contributed by atoms with Gasteiger partial charge in [-0.1, -0.05) is 0 Å². The van der Waals surface area contributed by atoms with E-state index < -0.39 is 0 Å². The molecule has 1 fully saturated rings. The lowest BCUT2D eigenvalue weighted by Gasteiger charge is -2.22. The first kappa shape index (κ1) is 17.5. The zero-order valence-corrected chi connectivity index (χ0v) is 15.3. The molecule has 0 amide bonds. The Morgan fingerprint density at radius 2 is 2.19 bits per heavy atom. The predicted octanol–water partition coefficient (Wildman–Crippen LogP) is 2.55. The Bertz CT molecular complexity index is 683. The number of aromatic nitrogens is 2. The molecule has 4 heterocycles. The van der Waals surface area contributed by atoms with Crippen LogP contribution in [-0.4, -0.2) is 54.3 Å². The number of ether oxygens (including phenoxy) is 1. The van der Waals surface area contributed by atoms with E-state index in [0.29, 0.717) is 5.92 Å². The Morgan fingerprint density at radius 3 is 3.04 bits per heavy atom. The molecule has 0 spiro atoms. The minimum atomic E-state index is 0.696. The highest BCUT2D eigenvalue weighted by atomic mass is 16.5. The van der Waals surface area contributed by atoms with Crippen molar-refractivity contribution in [2.24, 2.45) is 5.92 Å². The Balaban J connectivity index is 1.31. The summed E-state index contributed by atoms with van der Waals surface area (Å²) in [4.78, 5) is 11.6. The molecule has 2 aliphatic rings. The van der Waals surface area contributed by atoms with Gasteiger partial charge in [0.25, 0.3) is 0 Å². The zero-order valence-electron chi connectivity index (χ0n) is 15.3. The van der Waals surface area contributed by atoms with E-state index >= 15 is 0 Å². The molecule has 0 bridgehead atoms. The van der Waals surface area contributed by atoms with Crippen molar-refractivity contribution in [1.29, 1.82) is 0 Å². The van der Waals surface area contributed by atoms with E-state index in [4.69, 9.17) is 9.15 Å². The van der Waals surface area contributed by atoms with E-state index in [0.717, 1.165) is 76.7 Å². The van der Waals surface area contributed by atoms with E-state index in [1.807, 2.05) is 12.1 Å². The van der Waals surface area contributed by atoms with Crippen molar-refractivity contribution >= 4 is 5.82 Å². The third-order valence-corrected chi connectivity index (χ3v) is 5.39. The summed E-state index contributed by atoms with van der Waals surface area (Å²) in [6.07, 6.45) is 8.64. The first-order chi connectivity index (χ1) is 12.9. The minimum absolute atomic E-state index is 0.696. The molecular formula is C20H28N4O2. The quantitative estimate of drug-likeness (QED) is 0.769. The minimum Gasteiger partial charge on any atom is -0.469 e. The summed E-state index contributed by atoms with van der Waals surface area (Å²) in [6, 6.07) is 3.97. The van der Waals surface area contributed by atoms with Crippen molar-refractivity contribution in [2.75, 3.05) is 44.7 Å². The molecule has 2 aromatic rings. The lowest BCUT2D eigenvalue weighted by atomic mass is 10.1. The molecule has 6 heteroatoms. The van der Waals surface area contributed by atoms with Crippen molar-refractivity contribution < 1.29 is 9.15 Å². The third kappa shape index (κ3) is 4.43. The van der Waals surface area contributed by atoms with Crippen molar-refractivity contribution in [3.05, 3.63) is 41.7 Å². The Hall–Kier alpha value is -1.92. The second-order valence-electron chi connectivity index (χ2n) is 7.29. The highest BCUT2D eigenvalue weighted by molar-refractivity contribution is 5.46. The standard InChI is InChI=1S/C20H28N4O2/c1(3-17-4-2-11-26-17)8-21-20-18-5-9-24(13-16-7-12-25-14-16)10-6-19(18)22-15-23-20/h2,4,11,15-16H,1,3,5-10,12-14H2,(H,21,22,23)/t16-/m0/s1. The average molecular weight is 356 g/mol. The van der Waals surface area contributed by atoms with Gasteiger partial charge in [0, 0.05) is 51.2 Å². The zero-order chi connectivity index (χ0) is 17.6. The first-order valence-corrected chi connectivity index (χ1v) is 9.77. The summed E-state index contributed by atoms with van der Waals surface area (Å²) in [5, 5.41) is 3.52. The van der Waals surface area contributed by atoms with E-state index in [1.54, 1.807) is 12.6 Å². The Kier molecular flexibility index (Phi) is 5.82. The van der Waals surface area contributed by atoms with Crippen LogP contribution in [0.3, 0.4) is 0 Å². The van der Waals surface area contributed by atoms with Gasteiger partial charge in [0.05, 0.1) is 18.6 Å². The van der Waals surface area contributed by atoms with Crippen LogP contribution in [0.5, 0.6) is 0 Å². The Labute approximate surface area is 155 Å². The van der Waals surface area contributed by atoms with E-state index in [2.05, 4.69) is 20.2 Å². The molecule has 1 N–H and O–H groups in total. The van der Waals surface area contributed by atoms with Crippen molar-refractivity contribution in [1.82, 2.24) is 14.9 Å². The molecule has 0 aromatic carbocycles. The lowest BCUT2D eigenvalue weighted by molar-refractivity contribution is 0.168. The summed E-state index contributed by atoms with van der Waals surface area (Å²) >= 11 is 0. The molecule has 0 radical (unpaired) electrons. The molecule has 0 unspecified atom stereocenters. The summed E-state index contributed by atoms with van der Waals surface area (Å²) < 4.78 is 10.9. The molecule has 26 heavy (non-hydrogen) atoms. The molecule has 0 aliphatic carbocycles. The van der Waals surface area contributed by atoms with Gasteiger partial charge in [-0.2, -0.15) is 0 Å². The van der Waals surface area contributed by atoms with Gasteiger partial charge < -0.3 is 19.4 Å². The number of aryl methyl sites for hydroxylation is 1. The van der Waals surface area contributed by atoms with E-state index in [-0.39, 0.29) is 0 Å². The monoisotopic (exact) mass is 356 g/mol. The molecular weight excluding hydrogens is 328 g/mol. The van der Waals surface area contributed by atoms with Crippen LogP contribution in [0.15, 0.2) is 29.1 Å². The van der Waals surface area contributed by atoms with Crippen LogP contribution in [0.2, 0.25) is 0 Å². The molecule has 4 rings (SSSR count). The topological polar surface area (TPSA) is 63.4 Å². The van der Waals surface area contributed by atoms with Crippen LogP contribution < -0.4 is 5.32 Å². The van der Waals surface area contributed by atoms with Gasteiger partial charge in [-0.15, -0.1) is 0 Å². The maximum atomic E-state index is 5.53. The summed E-state index contributed by atoms with van der Waals surface area (Å²) in [5.74, 6) is 2.75. The van der Waals surface area contributed by atoms with Gasteiger partial charge in [0.1, 0.15) is 17.9 Å². The number of furan rings is 1. The normalized spacial score (nSPS) is 20.7. The van der Waals surface area contributed by atoms with Crippen LogP contribution >= 0.6 is 0 Å². The molecule has 0 saturated carbocycles. The maximum absolute atomic E-state index is 5.53. The van der Waals surface area contributed by atoms with Crippen molar-refractivity contribution in [3.63, 3.8) is 0 Å². The number of fused-ring (bicyclic) bond motifs is 1. The number of anilines is 1. The lowest BCUT2D eigenvalue weighted by Crippen LogP contribution is -2.32. The second-order valence-corrected chi connectivity index (χ2v) is 7.29. The first-order valence-electron chi connectivity index (χ1n) is 9.77. The fourth-order valence-corrected chi connectivity index (χ4v) is 3.92. The van der Waals surface area contributed by atoms with Crippen molar-refractivity contribution in [3.8, 4) is 0 Å². The summed E-state index contributed by atoms with van der Waals surface area (Å²) in [5.41, 5.74) is 2.51. The number of rotatable bonds is 7. The van der Waals surface area contributed by atoms with Crippen molar-refractivity contribution in [2.45, 2.75) is 32.1 Å². The van der Waals surface area contributed by atoms with Crippen LogP contribution in [0, 0.1) is 5.92 Å². The van der Waals surface area contributed by atoms with Crippen LogP contribution in [0.4, 0.5) is 5.82 Å². The summed E-state index contributed by atoms with van der Waals surface area (Å²) in [7, 11) is 0. The molecule has 1 saturated heterocycles. The van der Waals surface area contributed by atoms with E-state index in [9.17, 15) is 0 Å². The van der Waals surface area contributed by atoms with Gasteiger partial charge in [0.2, 0.25) is 0 Å². The SMILES string of the molecule is c1coc(CCCNc2ncnc3c2CCN(C[C@@H]2CCOC2)CC3)c1. The number of nitrogens with zero attached hydrogens (tertiary/aromatic N) is 3.